The van der Waals surface area contributed by atoms with E-state index in [-0.39, 0.29) is 23.7 Å². The van der Waals surface area contributed by atoms with Gasteiger partial charge in [-0.2, -0.15) is 5.26 Å². The van der Waals surface area contributed by atoms with Gasteiger partial charge in [0, 0.05) is 31.1 Å². The molecule has 1 amide bonds. The van der Waals surface area contributed by atoms with Gasteiger partial charge in [0.1, 0.15) is 5.82 Å². The quantitative estimate of drug-likeness (QED) is 0.523. The van der Waals surface area contributed by atoms with Crippen molar-refractivity contribution in [2.75, 3.05) is 18.9 Å². The van der Waals surface area contributed by atoms with Gasteiger partial charge in [-0.3, -0.25) is 14.9 Å². The number of carbonyl (C=O) groups excluding carboxylic acids is 1. The van der Waals surface area contributed by atoms with E-state index in [0.717, 1.165) is 5.56 Å². The molecule has 0 saturated heterocycles. The molecule has 2 aromatic carbocycles. The Morgan fingerprint density at radius 2 is 2.00 bits per heavy atom. The summed E-state index contributed by atoms with van der Waals surface area (Å²) in [6.45, 7) is 0.499. The SMILES string of the molecule is CN(Cc1ccccc1)C(=O)CNc1cc(C#N)c2cc([N+](=O)[O-])ccc2n1. The number of amides is 1. The predicted octanol–water partition coefficient (Wildman–Crippen LogP) is 3.09. The fraction of sp³-hybridized carbons (Fsp3) is 0.150. The van der Waals surface area contributed by atoms with E-state index in [1.54, 1.807) is 11.9 Å². The number of nitriles is 1. The van der Waals surface area contributed by atoms with Gasteiger partial charge in [-0.25, -0.2) is 4.98 Å². The van der Waals surface area contributed by atoms with Crippen molar-refractivity contribution in [3.05, 3.63) is 75.8 Å². The van der Waals surface area contributed by atoms with Crippen molar-refractivity contribution in [2.45, 2.75) is 6.54 Å². The molecule has 140 valence electrons. The summed E-state index contributed by atoms with van der Waals surface area (Å²) >= 11 is 0. The van der Waals surface area contributed by atoms with Crippen LogP contribution in [0.2, 0.25) is 0 Å². The molecule has 1 aromatic heterocycles. The molecule has 28 heavy (non-hydrogen) atoms. The summed E-state index contributed by atoms with van der Waals surface area (Å²) in [5, 5.41) is 23.6. The molecule has 0 radical (unpaired) electrons. The molecule has 0 saturated carbocycles. The highest BCUT2D eigenvalue weighted by Crippen LogP contribution is 2.24. The first-order valence-electron chi connectivity index (χ1n) is 8.49. The van der Waals surface area contributed by atoms with E-state index < -0.39 is 4.92 Å². The Hall–Kier alpha value is -3.99. The lowest BCUT2D eigenvalue weighted by molar-refractivity contribution is -0.384. The number of nitro groups is 1. The number of benzene rings is 2. The smallest absolute Gasteiger partial charge is 0.270 e. The van der Waals surface area contributed by atoms with Crippen LogP contribution in [-0.2, 0) is 11.3 Å². The first-order valence-corrected chi connectivity index (χ1v) is 8.49. The third-order valence-electron chi connectivity index (χ3n) is 4.23. The number of rotatable bonds is 6. The van der Waals surface area contributed by atoms with Gasteiger partial charge in [0.05, 0.1) is 28.6 Å². The lowest BCUT2D eigenvalue weighted by atomic mass is 10.1. The second kappa shape index (κ2) is 8.14. The number of nitrogens with zero attached hydrogens (tertiary/aromatic N) is 4. The Balaban J connectivity index is 1.73. The van der Waals surface area contributed by atoms with Gasteiger partial charge >= 0.3 is 0 Å². The first-order chi connectivity index (χ1) is 13.5. The van der Waals surface area contributed by atoms with Crippen molar-refractivity contribution in [3.63, 3.8) is 0 Å². The predicted molar refractivity (Wildman–Crippen MR) is 105 cm³/mol. The maximum Gasteiger partial charge on any atom is 0.270 e. The van der Waals surface area contributed by atoms with Crippen LogP contribution >= 0.6 is 0 Å². The molecule has 8 heteroatoms. The molecule has 0 aliphatic rings. The summed E-state index contributed by atoms with van der Waals surface area (Å²) in [7, 11) is 1.71. The van der Waals surface area contributed by atoms with Crippen LogP contribution in [0.5, 0.6) is 0 Å². The molecule has 0 aliphatic carbocycles. The van der Waals surface area contributed by atoms with Crippen LogP contribution in [0.1, 0.15) is 11.1 Å². The molecular formula is C20H17N5O3. The molecule has 8 nitrogen and oxygen atoms in total. The zero-order valence-corrected chi connectivity index (χ0v) is 15.1. The topological polar surface area (TPSA) is 112 Å². The highest BCUT2D eigenvalue weighted by Gasteiger charge is 2.13. The number of fused-ring (bicyclic) bond motifs is 1. The molecule has 0 atom stereocenters. The summed E-state index contributed by atoms with van der Waals surface area (Å²) in [4.78, 5) is 28.7. The fourth-order valence-electron chi connectivity index (χ4n) is 2.76. The van der Waals surface area contributed by atoms with Crippen LogP contribution in [0.15, 0.2) is 54.6 Å². The Labute approximate surface area is 161 Å². The largest absolute Gasteiger partial charge is 0.361 e. The minimum Gasteiger partial charge on any atom is -0.361 e. The molecule has 0 bridgehead atoms. The fourth-order valence-corrected chi connectivity index (χ4v) is 2.76. The monoisotopic (exact) mass is 375 g/mol. The van der Waals surface area contributed by atoms with Gasteiger partial charge in [-0.15, -0.1) is 0 Å². The summed E-state index contributed by atoms with van der Waals surface area (Å²) in [6, 6.07) is 17.3. The Morgan fingerprint density at radius 1 is 1.25 bits per heavy atom. The highest BCUT2D eigenvalue weighted by atomic mass is 16.6. The molecule has 0 spiro atoms. The number of aromatic nitrogens is 1. The average Bonchev–Trinajstić information content (AvgIpc) is 2.71. The second-order valence-electron chi connectivity index (χ2n) is 6.21. The van der Waals surface area contributed by atoms with Crippen molar-refractivity contribution in [2.24, 2.45) is 0 Å². The van der Waals surface area contributed by atoms with Crippen LogP contribution in [0.25, 0.3) is 10.9 Å². The van der Waals surface area contributed by atoms with Gasteiger partial charge < -0.3 is 10.2 Å². The number of carbonyl (C=O) groups is 1. The van der Waals surface area contributed by atoms with E-state index in [4.69, 9.17) is 0 Å². The van der Waals surface area contributed by atoms with Gasteiger partial charge in [-0.1, -0.05) is 30.3 Å². The number of pyridine rings is 1. The molecule has 0 aliphatic heterocycles. The Morgan fingerprint density at radius 3 is 2.68 bits per heavy atom. The van der Waals surface area contributed by atoms with Crippen LogP contribution in [0.3, 0.4) is 0 Å². The Kier molecular flexibility index (Phi) is 5.46. The summed E-state index contributed by atoms with van der Waals surface area (Å²) in [5.41, 5.74) is 1.61. The molecule has 1 N–H and O–H groups in total. The number of hydrogen-bond acceptors (Lipinski definition) is 6. The third kappa shape index (κ3) is 4.22. The summed E-state index contributed by atoms with van der Waals surface area (Å²) in [5.74, 6) is 0.229. The van der Waals surface area contributed by atoms with Gasteiger partial charge in [0.25, 0.3) is 5.69 Å². The molecule has 0 unspecified atom stereocenters. The highest BCUT2D eigenvalue weighted by molar-refractivity contribution is 5.89. The maximum absolute atomic E-state index is 12.4. The third-order valence-corrected chi connectivity index (χ3v) is 4.23. The van der Waals surface area contributed by atoms with Crippen molar-refractivity contribution in [1.29, 1.82) is 5.26 Å². The minimum atomic E-state index is -0.520. The van der Waals surface area contributed by atoms with E-state index in [0.29, 0.717) is 23.3 Å². The van der Waals surface area contributed by atoms with E-state index in [9.17, 15) is 20.2 Å². The standard InChI is InChI=1S/C20H17N5O3/c1-24(13-14-5-3-2-4-6-14)20(26)12-22-19-9-15(11-21)17-10-16(25(27)28)7-8-18(17)23-19/h2-10H,12-13H2,1H3,(H,22,23). The number of anilines is 1. The van der Waals surface area contributed by atoms with Gasteiger partial charge in [0.2, 0.25) is 5.91 Å². The van der Waals surface area contributed by atoms with E-state index in [1.807, 2.05) is 36.4 Å². The minimum absolute atomic E-state index is 0.0136. The lowest BCUT2D eigenvalue weighted by Gasteiger charge is -2.18. The molecule has 0 fully saturated rings. The van der Waals surface area contributed by atoms with Gasteiger partial charge in [0.15, 0.2) is 0 Å². The molecule has 3 aromatic rings. The second-order valence-corrected chi connectivity index (χ2v) is 6.21. The molecular weight excluding hydrogens is 358 g/mol. The van der Waals surface area contributed by atoms with Crippen molar-refractivity contribution < 1.29 is 9.72 Å². The van der Waals surface area contributed by atoms with E-state index >= 15 is 0 Å². The summed E-state index contributed by atoms with van der Waals surface area (Å²) < 4.78 is 0. The number of non-ortho nitro benzene ring substituents is 1. The van der Waals surface area contributed by atoms with Crippen LogP contribution < -0.4 is 5.32 Å². The van der Waals surface area contributed by atoms with Crippen LogP contribution in [0, 0.1) is 21.4 Å². The average molecular weight is 375 g/mol. The van der Waals surface area contributed by atoms with Crippen molar-refractivity contribution >= 4 is 28.3 Å². The number of nitrogens with one attached hydrogen (secondary N) is 1. The summed E-state index contributed by atoms with van der Waals surface area (Å²) in [6.07, 6.45) is 0. The van der Waals surface area contributed by atoms with E-state index in [1.165, 1.54) is 24.3 Å². The molecule has 3 rings (SSSR count). The maximum atomic E-state index is 12.4. The lowest BCUT2D eigenvalue weighted by Crippen LogP contribution is -2.31. The van der Waals surface area contributed by atoms with Crippen molar-refractivity contribution in [3.8, 4) is 6.07 Å². The van der Waals surface area contributed by atoms with Gasteiger partial charge in [-0.05, 0) is 17.7 Å². The zero-order valence-electron chi connectivity index (χ0n) is 15.1. The van der Waals surface area contributed by atoms with E-state index in [2.05, 4.69) is 10.3 Å². The van der Waals surface area contributed by atoms with Crippen LogP contribution in [0.4, 0.5) is 11.5 Å². The normalized spacial score (nSPS) is 10.3. The first kappa shape index (κ1) is 18.8. The van der Waals surface area contributed by atoms with Crippen LogP contribution in [-0.4, -0.2) is 34.3 Å². The number of nitro benzene ring substituents is 1. The molecule has 1 heterocycles. The van der Waals surface area contributed by atoms with Crippen molar-refractivity contribution in [1.82, 2.24) is 9.88 Å². The number of likely N-dealkylation sites (N-methyl/N-ethyl adjacent to an activating group) is 1. The Bertz CT molecular complexity index is 1080. The zero-order chi connectivity index (χ0) is 20.1. The number of hydrogen-bond donors (Lipinski definition) is 1.